The number of halogens is 1. The minimum Gasteiger partial charge on any atom is -0.462 e. The summed E-state index contributed by atoms with van der Waals surface area (Å²) in [5, 5.41) is 0.685. The van der Waals surface area contributed by atoms with Gasteiger partial charge in [-0.25, -0.2) is 4.79 Å². The van der Waals surface area contributed by atoms with Crippen LogP contribution in [0.15, 0.2) is 45.2 Å². The van der Waals surface area contributed by atoms with Gasteiger partial charge in [-0.15, -0.1) is 23.1 Å². The second-order valence-electron chi connectivity index (χ2n) is 7.00. The molecular formula is C23H20BrNO3S2. The van der Waals surface area contributed by atoms with Crippen LogP contribution in [0, 0.1) is 13.8 Å². The van der Waals surface area contributed by atoms with E-state index in [-0.39, 0.29) is 12.4 Å². The number of aryl methyl sites for hydroxylation is 2. The molecule has 0 spiro atoms. The van der Waals surface area contributed by atoms with E-state index >= 15 is 0 Å². The fraction of sp³-hybridized carbons (Fsp3) is 0.217. The number of aromatic nitrogens is 1. The second-order valence-corrected chi connectivity index (χ2v) is 10.0. The molecule has 0 saturated carbocycles. The number of carbonyl (C=O) groups is 2. The molecule has 0 N–H and O–H groups in total. The van der Waals surface area contributed by atoms with Crippen LogP contribution in [0.2, 0.25) is 0 Å². The summed E-state index contributed by atoms with van der Waals surface area (Å²) < 4.78 is 9.37. The van der Waals surface area contributed by atoms with Gasteiger partial charge in [-0.1, -0.05) is 22.0 Å². The predicted molar refractivity (Wildman–Crippen MR) is 128 cm³/mol. The zero-order chi connectivity index (χ0) is 21.6. The van der Waals surface area contributed by atoms with E-state index in [0.29, 0.717) is 21.4 Å². The summed E-state index contributed by atoms with van der Waals surface area (Å²) in [5.74, 6) is -0.485. The zero-order valence-electron chi connectivity index (χ0n) is 17.0. The molecule has 3 heterocycles. The number of esters is 1. The number of carbonyl (C=O) groups excluding carboxylic acids is 2. The van der Waals surface area contributed by atoms with Gasteiger partial charge in [0, 0.05) is 21.6 Å². The van der Waals surface area contributed by atoms with Crippen LogP contribution in [0.5, 0.6) is 0 Å². The van der Waals surface area contributed by atoms with Gasteiger partial charge >= 0.3 is 5.97 Å². The highest BCUT2D eigenvalue weighted by atomic mass is 79.9. The maximum Gasteiger partial charge on any atom is 0.341 e. The first-order valence-electron chi connectivity index (χ1n) is 9.46. The van der Waals surface area contributed by atoms with Crippen molar-refractivity contribution in [1.82, 2.24) is 4.40 Å². The Labute approximate surface area is 191 Å². The minimum absolute atomic E-state index is 0.0892. The van der Waals surface area contributed by atoms with Crippen LogP contribution >= 0.6 is 39.0 Å². The number of fused-ring (bicyclic) bond motifs is 3. The summed E-state index contributed by atoms with van der Waals surface area (Å²) in [5.41, 5.74) is 4.84. The highest BCUT2D eigenvalue weighted by molar-refractivity contribution is 9.10. The SMILES string of the molecule is CCOC(=O)c1c2c(C(=O)c3ccc(Br)cc3)sc(SC)c2n2cc(C)cc(C)c12. The highest BCUT2D eigenvalue weighted by Crippen LogP contribution is 2.44. The molecule has 0 atom stereocenters. The number of pyridine rings is 1. The van der Waals surface area contributed by atoms with Crippen molar-refractivity contribution in [3.63, 3.8) is 0 Å². The summed E-state index contributed by atoms with van der Waals surface area (Å²) in [6.07, 6.45) is 4.01. The van der Waals surface area contributed by atoms with Crippen LogP contribution in [0.1, 0.15) is 43.6 Å². The number of benzene rings is 1. The molecular weight excluding hydrogens is 482 g/mol. The van der Waals surface area contributed by atoms with Crippen molar-refractivity contribution in [2.45, 2.75) is 25.0 Å². The van der Waals surface area contributed by atoms with Gasteiger partial charge in [-0.2, -0.15) is 0 Å². The predicted octanol–water partition coefficient (Wildman–Crippen LogP) is 6.66. The number of hydrogen-bond donors (Lipinski definition) is 0. The van der Waals surface area contributed by atoms with Crippen LogP contribution in [0.25, 0.3) is 16.4 Å². The first-order chi connectivity index (χ1) is 14.4. The van der Waals surface area contributed by atoms with Crippen LogP contribution in [0.4, 0.5) is 0 Å². The van der Waals surface area contributed by atoms with Crippen molar-refractivity contribution in [3.05, 3.63) is 68.1 Å². The average Bonchev–Trinajstić information content (AvgIpc) is 3.24. The number of ketones is 1. The average molecular weight is 502 g/mol. The second kappa shape index (κ2) is 8.21. The molecule has 0 aliphatic rings. The normalized spacial score (nSPS) is 11.4. The molecule has 0 saturated heterocycles. The Morgan fingerprint density at radius 3 is 2.50 bits per heavy atom. The maximum absolute atomic E-state index is 13.5. The van der Waals surface area contributed by atoms with Gasteiger partial charge in [0.05, 0.1) is 32.3 Å². The van der Waals surface area contributed by atoms with Gasteiger partial charge in [0.15, 0.2) is 0 Å². The molecule has 30 heavy (non-hydrogen) atoms. The van der Waals surface area contributed by atoms with Crippen molar-refractivity contribution in [2.75, 3.05) is 12.9 Å². The maximum atomic E-state index is 13.5. The topological polar surface area (TPSA) is 47.8 Å². The van der Waals surface area contributed by atoms with Gasteiger partial charge in [0.1, 0.15) is 0 Å². The lowest BCUT2D eigenvalue weighted by Gasteiger charge is -2.07. The molecule has 7 heteroatoms. The summed E-state index contributed by atoms with van der Waals surface area (Å²) >= 11 is 6.44. The van der Waals surface area contributed by atoms with Gasteiger partial charge in [-0.3, -0.25) is 4.79 Å². The van der Waals surface area contributed by atoms with E-state index in [9.17, 15) is 9.59 Å². The zero-order valence-corrected chi connectivity index (χ0v) is 20.3. The van der Waals surface area contributed by atoms with Crippen molar-refractivity contribution < 1.29 is 14.3 Å². The molecule has 1 aromatic carbocycles. The van der Waals surface area contributed by atoms with Crippen LogP contribution in [0.3, 0.4) is 0 Å². The first kappa shape index (κ1) is 21.2. The highest BCUT2D eigenvalue weighted by Gasteiger charge is 2.30. The van der Waals surface area contributed by atoms with Crippen molar-refractivity contribution >= 4 is 67.2 Å². The Balaban J connectivity index is 2.12. The lowest BCUT2D eigenvalue weighted by Crippen LogP contribution is -2.07. The Morgan fingerprint density at radius 2 is 1.87 bits per heavy atom. The molecule has 4 nitrogen and oxygen atoms in total. The van der Waals surface area contributed by atoms with E-state index in [1.54, 1.807) is 30.8 Å². The molecule has 0 radical (unpaired) electrons. The van der Waals surface area contributed by atoms with Crippen molar-refractivity contribution in [2.24, 2.45) is 0 Å². The summed E-state index contributed by atoms with van der Waals surface area (Å²) in [7, 11) is 0. The van der Waals surface area contributed by atoms with Crippen LogP contribution in [-0.4, -0.2) is 29.0 Å². The fourth-order valence-electron chi connectivity index (χ4n) is 3.80. The molecule has 0 amide bonds. The fourth-order valence-corrected chi connectivity index (χ4v) is 6.04. The molecule has 3 aromatic heterocycles. The first-order valence-corrected chi connectivity index (χ1v) is 12.3. The summed E-state index contributed by atoms with van der Waals surface area (Å²) in [4.78, 5) is 27.1. The van der Waals surface area contributed by atoms with E-state index in [4.69, 9.17) is 4.74 Å². The number of thioether (sulfide) groups is 1. The quantitative estimate of drug-likeness (QED) is 0.174. The Hall–Kier alpha value is -2.09. The molecule has 4 aromatic rings. The standard InChI is InChI=1S/C23H20BrNO3S2/c1-5-28-22(27)17-16-19(25-11-12(2)10-13(3)18(17)25)23(29-4)30-21(16)20(26)14-6-8-15(24)9-7-14/h6-11H,5H2,1-4H3. The lowest BCUT2D eigenvalue weighted by atomic mass is 10.0. The van der Waals surface area contributed by atoms with Crippen molar-refractivity contribution in [3.8, 4) is 0 Å². The molecule has 4 rings (SSSR count). The van der Waals surface area contributed by atoms with Crippen molar-refractivity contribution in [1.29, 1.82) is 0 Å². The van der Waals surface area contributed by atoms with Gasteiger partial charge in [0.25, 0.3) is 0 Å². The number of rotatable bonds is 5. The molecule has 0 unspecified atom stereocenters. The molecule has 0 fully saturated rings. The number of thiophene rings is 1. The number of hydrogen-bond acceptors (Lipinski definition) is 5. The van der Waals surface area contributed by atoms with E-state index in [1.165, 1.54) is 11.3 Å². The third kappa shape index (κ3) is 3.39. The van der Waals surface area contributed by atoms with Crippen LogP contribution in [-0.2, 0) is 4.74 Å². The van der Waals surface area contributed by atoms with Gasteiger partial charge < -0.3 is 9.14 Å². The Kier molecular flexibility index (Phi) is 5.79. The summed E-state index contributed by atoms with van der Waals surface area (Å²) in [6, 6.07) is 9.35. The monoisotopic (exact) mass is 501 g/mol. The van der Waals surface area contributed by atoms with E-state index in [0.717, 1.165) is 30.8 Å². The third-order valence-electron chi connectivity index (χ3n) is 4.95. The van der Waals surface area contributed by atoms with E-state index < -0.39 is 5.97 Å². The van der Waals surface area contributed by atoms with Crippen LogP contribution < -0.4 is 0 Å². The largest absolute Gasteiger partial charge is 0.462 e. The van der Waals surface area contributed by atoms with E-state index in [2.05, 4.69) is 22.0 Å². The van der Waals surface area contributed by atoms with Gasteiger partial charge in [-0.05, 0) is 62.4 Å². The smallest absolute Gasteiger partial charge is 0.341 e. The summed E-state index contributed by atoms with van der Waals surface area (Å²) in [6.45, 7) is 6.08. The van der Waals surface area contributed by atoms with Gasteiger partial charge in [0.2, 0.25) is 5.78 Å². The molecule has 0 bridgehead atoms. The Bertz CT molecular complexity index is 1300. The van der Waals surface area contributed by atoms with E-state index in [1.807, 2.05) is 42.8 Å². The third-order valence-corrected chi connectivity index (χ3v) is 7.76. The number of nitrogens with zero attached hydrogens (tertiary/aromatic N) is 1. The molecule has 0 aliphatic heterocycles. The number of ether oxygens (including phenoxy) is 1. The molecule has 0 aliphatic carbocycles. The lowest BCUT2D eigenvalue weighted by molar-refractivity contribution is 0.0531. The Morgan fingerprint density at radius 1 is 1.17 bits per heavy atom. The minimum atomic E-state index is -0.396. The molecule has 154 valence electrons.